The molecule has 1 saturated carbocycles. The Hall–Kier alpha value is -3.35. The van der Waals surface area contributed by atoms with Crippen LogP contribution in [-0.4, -0.2) is 27.9 Å². The van der Waals surface area contributed by atoms with Crippen molar-refractivity contribution in [2.75, 3.05) is 7.11 Å². The molecule has 0 spiro atoms. The molecular formula is C21H23N5O2. The van der Waals surface area contributed by atoms with Crippen molar-refractivity contribution in [1.82, 2.24) is 25.4 Å². The number of methoxy groups -OCH3 is 1. The van der Waals surface area contributed by atoms with Crippen molar-refractivity contribution in [3.05, 3.63) is 72.3 Å². The summed E-state index contributed by atoms with van der Waals surface area (Å²) >= 11 is 0. The number of rotatable bonds is 6. The molecule has 1 aromatic heterocycles. The average Bonchev–Trinajstić information content (AvgIpc) is 3.18. The van der Waals surface area contributed by atoms with Gasteiger partial charge in [-0.25, -0.2) is 14.5 Å². The summed E-state index contributed by atoms with van der Waals surface area (Å²) in [7, 11) is 1.65. The number of hydrogen-bond acceptors (Lipinski definition) is 4. The number of nitrogens with zero attached hydrogens (tertiary/aromatic N) is 3. The van der Waals surface area contributed by atoms with E-state index >= 15 is 0 Å². The van der Waals surface area contributed by atoms with Gasteiger partial charge in [0.05, 0.1) is 24.9 Å². The molecule has 0 aliphatic heterocycles. The number of ether oxygens (including phenoxy) is 1. The average molecular weight is 377 g/mol. The summed E-state index contributed by atoms with van der Waals surface area (Å²) in [6.45, 7) is 0.287. The van der Waals surface area contributed by atoms with Crippen LogP contribution in [0.15, 0.2) is 60.9 Å². The van der Waals surface area contributed by atoms with Crippen LogP contribution >= 0.6 is 0 Å². The lowest BCUT2D eigenvalue weighted by atomic mass is 9.72. The van der Waals surface area contributed by atoms with Crippen molar-refractivity contribution >= 4 is 6.03 Å². The molecule has 1 heterocycles. The fourth-order valence-corrected chi connectivity index (χ4v) is 3.53. The summed E-state index contributed by atoms with van der Waals surface area (Å²) in [5.41, 5.74) is 1.64. The van der Waals surface area contributed by atoms with Gasteiger partial charge in [0.2, 0.25) is 0 Å². The molecule has 2 amide bonds. The highest BCUT2D eigenvalue weighted by Crippen LogP contribution is 2.42. The van der Waals surface area contributed by atoms with Crippen LogP contribution in [0.5, 0.6) is 5.75 Å². The van der Waals surface area contributed by atoms with Crippen molar-refractivity contribution < 1.29 is 9.53 Å². The highest BCUT2D eigenvalue weighted by atomic mass is 16.5. The SMILES string of the molecule is COc1cccc(C2(NC(=O)NCc3ncnn3-c3ccccc3)CCC2)c1. The zero-order chi connectivity index (χ0) is 19.4. The highest BCUT2D eigenvalue weighted by Gasteiger charge is 2.40. The lowest BCUT2D eigenvalue weighted by Crippen LogP contribution is -2.53. The van der Waals surface area contributed by atoms with Gasteiger partial charge in [0.1, 0.15) is 12.1 Å². The van der Waals surface area contributed by atoms with E-state index in [1.54, 1.807) is 11.8 Å². The Morgan fingerprint density at radius 2 is 2.00 bits per heavy atom. The monoisotopic (exact) mass is 377 g/mol. The predicted molar refractivity (Wildman–Crippen MR) is 105 cm³/mol. The molecule has 2 aromatic carbocycles. The minimum absolute atomic E-state index is 0.217. The maximum atomic E-state index is 12.6. The van der Waals surface area contributed by atoms with Gasteiger partial charge in [0.15, 0.2) is 5.82 Å². The number of para-hydroxylation sites is 1. The van der Waals surface area contributed by atoms with E-state index in [0.29, 0.717) is 5.82 Å². The van der Waals surface area contributed by atoms with Crippen LogP contribution in [0.1, 0.15) is 30.7 Å². The third-order valence-electron chi connectivity index (χ3n) is 5.21. The first kappa shape index (κ1) is 18.0. The fraction of sp³-hybridized carbons (Fsp3) is 0.286. The third kappa shape index (κ3) is 3.55. The van der Waals surface area contributed by atoms with Gasteiger partial charge < -0.3 is 15.4 Å². The van der Waals surface area contributed by atoms with Gasteiger partial charge in [-0.1, -0.05) is 30.3 Å². The third-order valence-corrected chi connectivity index (χ3v) is 5.21. The summed E-state index contributed by atoms with van der Waals surface area (Å²) < 4.78 is 7.05. The molecule has 0 saturated heterocycles. The molecule has 4 rings (SSSR count). The molecule has 7 nitrogen and oxygen atoms in total. The fourth-order valence-electron chi connectivity index (χ4n) is 3.53. The number of aromatic nitrogens is 3. The second kappa shape index (κ2) is 7.72. The zero-order valence-corrected chi connectivity index (χ0v) is 15.8. The van der Waals surface area contributed by atoms with Crippen molar-refractivity contribution in [2.45, 2.75) is 31.3 Å². The van der Waals surface area contributed by atoms with Crippen LogP contribution < -0.4 is 15.4 Å². The van der Waals surface area contributed by atoms with Crippen LogP contribution in [0.3, 0.4) is 0 Å². The van der Waals surface area contributed by atoms with E-state index in [1.165, 1.54) is 6.33 Å². The topological polar surface area (TPSA) is 81.1 Å². The van der Waals surface area contributed by atoms with Crippen molar-refractivity contribution in [3.8, 4) is 11.4 Å². The van der Waals surface area contributed by atoms with Gasteiger partial charge in [-0.3, -0.25) is 0 Å². The van der Waals surface area contributed by atoms with E-state index in [2.05, 4.69) is 20.7 Å². The Labute approximate surface area is 163 Å². The normalized spacial score (nSPS) is 14.8. The summed E-state index contributed by atoms with van der Waals surface area (Å²) in [5, 5.41) is 10.3. The molecule has 0 unspecified atom stereocenters. The van der Waals surface area contributed by atoms with Crippen LogP contribution in [-0.2, 0) is 12.1 Å². The van der Waals surface area contributed by atoms with Gasteiger partial charge in [-0.2, -0.15) is 5.10 Å². The first-order chi connectivity index (χ1) is 13.7. The van der Waals surface area contributed by atoms with E-state index in [-0.39, 0.29) is 18.1 Å². The number of hydrogen-bond donors (Lipinski definition) is 2. The predicted octanol–water partition coefficient (Wildman–Crippen LogP) is 3.15. The molecule has 28 heavy (non-hydrogen) atoms. The Morgan fingerprint density at radius 1 is 1.18 bits per heavy atom. The molecule has 1 aliphatic carbocycles. The first-order valence-corrected chi connectivity index (χ1v) is 9.35. The van der Waals surface area contributed by atoms with E-state index in [1.807, 2.05) is 54.6 Å². The quantitative estimate of drug-likeness (QED) is 0.691. The maximum Gasteiger partial charge on any atom is 0.315 e. The van der Waals surface area contributed by atoms with Gasteiger partial charge >= 0.3 is 6.03 Å². The molecule has 7 heteroatoms. The number of nitrogens with one attached hydrogen (secondary N) is 2. The summed E-state index contributed by atoms with van der Waals surface area (Å²) in [6, 6.07) is 17.4. The Morgan fingerprint density at radius 3 is 2.71 bits per heavy atom. The zero-order valence-electron chi connectivity index (χ0n) is 15.8. The minimum atomic E-state index is -0.342. The molecule has 0 atom stereocenters. The molecule has 1 fully saturated rings. The largest absolute Gasteiger partial charge is 0.497 e. The van der Waals surface area contributed by atoms with Crippen LogP contribution in [0.2, 0.25) is 0 Å². The van der Waals surface area contributed by atoms with Gasteiger partial charge in [-0.05, 0) is 49.1 Å². The molecule has 0 radical (unpaired) electrons. The number of amides is 2. The Balaban J connectivity index is 1.43. The summed E-state index contributed by atoms with van der Waals surface area (Å²) in [6.07, 6.45) is 4.40. The second-order valence-electron chi connectivity index (χ2n) is 6.90. The van der Waals surface area contributed by atoms with E-state index in [4.69, 9.17) is 4.74 Å². The lowest BCUT2D eigenvalue weighted by Gasteiger charge is -2.43. The lowest BCUT2D eigenvalue weighted by molar-refractivity contribution is 0.176. The number of carbonyl (C=O) groups is 1. The summed E-state index contributed by atoms with van der Waals surface area (Å²) in [4.78, 5) is 16.9. The van der Waals surface area contributed by atoms with E-state index in [9.17, 15) is 4.79 Å². The number of benzene rings is 2. The van der Waals surface area contributed by atoms with E-state index < -0.39 is 0 Å². The maximum absolute atomic E-state index is 12.6. The van der Waals surface area contributed by atoms with Gasteiger partial charge in [0.25, 0.3) is 0 Å². The van der Waals surface area contributed by atoms with Crippen LogP contribution in [0.4, 0.5) is 4.79 Å². The van der Waals surface area contributed by atoms with Crippen LogP contribution in [0.25, 0.3) is 5.69 Å². The number of carbonyl (C=O) groups excluding carboxylic acids is 1. The van der Waals surface area contributed by atoms with Gasteiger partial charge in [-0.15, -0.1) is 0 Å². The number of urea groups is 1. The van der Waals surface area contributed by atoms with E-state index in [0.717, 1.165) is 36.3 Å². The highest BCUT2D eigenvalue weighted by molar-refractivity contribution is 5.75. The smallest absolute Gasteiger partial charge is 0.315 e. The van der Waals surface area contributed by atoms with Crippen LogP contribution in [0, 0.1) is 0 Å². The Kier molecular flexibility index (Phi) is 4.97. The second-order valence-corrected chi connectivity index (χ2v) is 6.90. The molecular weight excluding hydrogens is 354 g/mol. The molecule has 2 N–H and O–H groups in total. The minimum Gasteiger partial charge on any atom is -0.497 e. The molecule has 0 bridgehead atoms. The standard InChI is InChI=1S/C21H23N5O2/c1-28-18-10-5-7-16(13-18)21(11-6-12-21)25-20(27)22-14-19-23-15-24-26(19)17-8-3-2-4-9-17/h2-5,7-10,13,15H,6,11-12,14H2,1H3,(H2,22,25,27). The van der Waals surface area contributed by atoms with Crippen molar-refractivity contribution in [2.24, 2.45) is 0 Å². The Bertz CT molecular complexity index is 950. The van der Waals surface area contributed by atoms with Gasteiger partial charge in [0, 0.05) is 0 Å². The first-order valence-electron chi connectivity index (χ1n) is 9.35. The van der Waals surface area contributed by atoms with Crippen molar-refractivity contribution in [3.63, 3.8) is 0 Å². The molecule has 144 valence electrons. The molecule has 3 aromatic rings. The van der Waals surface area contributed by atoms with Crippen molar-refractivity contribution in [1.29, 1.82) is 0 Å². The molecule has 1 aliphatic rings. The summed E-state index contributed by atoms with van der Waals surface area (Å²) in [5.74, 6) is 1.47.